The molecular formula is C25H22N2O3. The van der Waals surface area contributed by atoms with Gasteiger partial charge in [-0.05, 0) is 35.2 Å². The number of rotatable bonds is 7. The van der Waals surface area contributed by atoms with E-state index in [1.165, 1.54) is 0 Å². The molecule has 150 valence electrons. The third-order valence-corrected chi connectivity index (χ3v) is 4.90. The van der Waals surface area contributed by atoms with Crippen LogP contribution >= 0.6 is 0 Å². The van der Waals surface area contributed by atoms with E-state index in [1.807, 2.05) is 78.9 Å². The summed E-state index contributed by atoms with van der Waals surface area (Å²) in [5.41, 5.74) is 4.70. The van der Waals surface area contributed by atoms with Crippen LogP contribution in [-0.4, -0.2) is 23.5 Å². The third-order valence-electron chi connectivity index (χ3n) is 4.90. The van der Waals surface area contributed by atoms with Crippen molar-refractivity contribution >= 4 is 28.5 Å². The maximum Gasteiger partial charge on any atom is 0.310 e. The molecular weight excluding hydrogens is 376 g/mol. The van der Waals surface area contributed by atoms with E-state index in [0.717, 1.165) is 33.3 Å². The lowest BCUT2D eigenvalue weighted by atomic mass is 10.0. The molecule has 0 unspecified atom stereocenters. The molecule has 1 amide bonds. The Morgan fingerprint density at radius 1 is 0.833 bits per heavy atom. The van der Waals surface area contributed by atoms with Crippen LogP contribution in [0.15, 0.2) is 85.1 Å². The number of H-pyrrole nitrogens is 1. The van der Waals surface area contributed by atoms with Gasteiger partial charge in [-0.25, -0.2) is 0 Å². The molecule has 0 spiro atoms. The highest BCUT2D eigenvalue weighted by Gasteiger charge is 2.13. The zero-order valence-electron chi connectivity index (χ0n) is 16.4. The van der Waals surface area contributed by atoms with E-state index in [9.17, 15) is 9.59 Å². The summed E-state index contributed by atoms with van der Waals surface area (Å²) in [6.07, 6.45) is 2.62. The van der Waals surface area contributed by atoms with E-state index in [2.05, 4.69) is 10.3 Å². The van der Waals surface area contributed by atoms with Gasteiger partial charge in [-0.15, -0.1) is 0 Å². The highest BCUT2D eigenvalue weighted by atomic mass is 16.5. The number of fused-ring (bicyclic) bond motifs is 1. The van der Waals surface area contributed by atoms with Crippen molar-refractivity contribution in [2.75, 3.05) is 11.9 Å². The molecule has 5 heteroatoms. The van der Waals surface area contributed by atoms with E-state index >= 15 is 0 Å². The van der Waals surface area contributed by atoms with Crippen molar-refractivity contribution in [2.45, 2.75) is 12.8 Å². The quantitative estimate of drug-likeness (QED) is 0.451. The normalized spacial score (nSPS) is 10.7. The molecule has 2 N–H and O–H groups in total. The lowest BCUT2D eigenvalue weighted by Gasteiger charge is -2.11. The largest absolute Gasteiger partial charge is 0.455 e. The minimum absolute atomic E-state index is 0.113. The van der Waals surface area contributed by atoms with Gasteiger partial charge in [-0.3, -0.25) is 9.59 Å². The van der Waals surface area contributed by atoms with Crippen LogP contribution in [0.5, 0.6) is 0 Å². The fourth-order valence-electron chi connectivity index (χ4n) is 3.43. The molecule has 1 heterocycles. The van der Waals surface area contributed by atoms with Crippen molar-refractivity contribution < 1.29 is 14.3 Å². The number of benzene rings is 3. The highest BCUT2D eigenvalue weighted by Crippen LogP contribution is 2.20. The van der Waals surface area contributed by atoms with Gasteiger partial charge in [0.15, 0.2) is 6.61 Å². The fraction of sp³-hybridized carbons (Fsp3) is 0.120. The SMILES string of the molecule is O=C(COC(=O)Cc1c[nH]c2ccccc12)Nc1ccccc1Cc1ccccc1. The van der Waals surface area contributed by atoms with Gasteiger partial charge >= 0.3 is 5.97 Å². The van der Waals surface area contributed by atoms with Gasteiger partial charge in [0.05, 0.1) is 6.42 Å². The minimum Gasteiger partial charge on any atom is -0.455 e. The molecule has 0 aliphatic carbocycles. The van der Waals surface area contributed by atoms with E-state index in [0.29, 0.717) is 6.42 Å². The van der Waals surface area contributed by atoms with Crippen molar-refractivity contribution in [3.8, 4) is 0 Å². The second kappa shape index (κ2) is 9.09. The molecule has 1 aromatic heterocycles. The molecule has 5 nitrogen and oxygen atoms in total. The summed E-state index contributed by atoms with van der Waals surface area (Å²) in [4.78, 5) is 27.7. The summed E-state index contributed by atoms with van der Waals surface area (Å²) in [6.45, 7) is -0.319. The van der Waals surface area contributed by atoms with E-state index in [4.69, 9.17) is 4.74 Å². The Hall–Kier alpha value is -3.86. The van der Waals surface area contributed by atoms with Gasteiger partial charge in [0.2, 0.25) is 0 Å². The molecule has 3 aromatic carbocycles. The Morgan fingerprint density at radius 3 is 2.43 bits per heavy atom. The topological polar surface area (TPSA) is 71.2 Å². The standard InChI is InChI=1S/C25H22N2O3/c28-24(17-30-25(29)15-20-16-26-23-13-7-5-11-21(20)23)27-22-12-6-4-10-19(22)14-18-8-2-1-3-9-18/h1-13,16,26H,14-15,17H2,(H,27,28). The summed E-state index contributed by atoms with van der Waals surface area (Å²) in [5.74, 6) is -0.796. The Balaban J connectivity index is 1.33. The molecule has 0 aliphatic rings. The number of amides is 1. The number of carbonyl (C=O) groups excluding carboxylic acids is 2. The van der Waals surface area contributed by atoms with Crippen LogP contribution in [0.3, 0.4) is 0 Å². The van der Waals surface area contributed by atoms with Crippen LogP contribution in [0.4, 0.5) is 5.69 Å². The first-order valence-corrected chi connectivity index (χ1v) is 9.81. The molecule has 0 saturated carbocycles. The van der Waals surface area contributed by atoms with Crippen LogP contribution < -0.4 is 5.32 Å². The van der Waals surface area contributed by atoms with Crippen molar-refractivity contribution in [3.63, 3.8) is 0 Å². The average molecular weight is 398 g/mol. The number of esters is 1. The second-order valence-corrected chi connectivity index (χ2v) is 7.06. The van der Waals surface area contributed by atoms with Crippen LogP contribution in [0.25, 0.3) is 10.9 Å². The summed E-state index contributed by atoms with van der Waals surface area (Å²) >= 11 is 0. The Labute approximate surface area is 174 Å². The second-order valence-electron chi connectivity index (χ2n) is 7.06. The summed E-state index contributed by atoms with van der Waals surface area (Å²) in [7, 11) is 0. The Kier molecular flexibility index (Phi) is 5.90. The van der Waals surface area contributed by atoms with Crippen molar-refractivity contribution in [1.82, 2.24) is 4.98 Å². The Morgan fingerprint density at radius 2 is 1.57 bits per heavy atom. The zero-order valence-corrected chi connectivity index (χ0v) is 16.4. The summed E-state index contributed by atoms with van der Waals surface area (Å²) < 4.78 is 5.19. The molecule has 0 radical (unpaired) electrons. The molecule has 4 rings (SSSR count). The van der Waals surface area contributed by atoms with Gasteiger partial charge in [0.1, 0.15) is 0 Å². The van der Waals surface area contributed by atoms with E-state index in [-0.39, 0.29) is 18.9 Å². The predicted octanol–water partition coefficient (Wildman–Crippen LogP) is 4.48. The van der Waals surface area contributed by atoms with Gasteiger partial charge < -0.3 is 15.0 Å². The first-order chi connectivity index (χ1) is 14.7. The number of hydrogen-bond donors (Lipinski definition) is 2. The molecule has 0 aliphatic heterocycles. The maximum atomic E-state index is 12.3. The van der Waals surface area contributed by atoms with Crippen molar-refractivity contribution in [1.29, 1.82) is 0 Å². The lowest BCUT2D eigenvalue weighted by molar-refractivity contribution is -0.146. The van der Waals surface area contributed by atoms with Gasteiger partial charge in [-0.1, -0.05) is 66.7 Å². The molecule has 0 atom stereocenters. The van der Waals surface area contributed by atoms with E-state index < -0.39 is 5.97 Å². The molecule has 0 fully saturated rings. The van der Waals surface area contributed by atoms with Crippen molar-refractivity contribution in [3.05, 3.63) is 102 Å². The van der Waals surface area contributed by atoms with Gasteiger partial charge in [0.25, 0.3) is 5.91 Å². The number of para-hydroxylation sites is 2. The third kappa shape index (κ3) is 4.75. The monoisotopic (exact) mass is 398 g/mol. The van der Waals surface area contributed by atoms with Crippen LogP contribution in [0, 0.1) is 0 Å². The lowest BCUT2D eigenvalue weighted by Crippen LogP contribution is -2.22. The molecule has 0 bridgehead atoms. The fourth-order valence-corrected chi connectivity index (χ4v) is 3.43. The van der Waals surface area contributed by atoms with Gasteiger partial charge in [0, 0.05) is 22.8 Å². The number of aromatic nitrogens is 1. The predicted molar refractivity (Wildman–Crippen MR) is 117 cm³/mol. The maximum absolute atomic E-state index is 12.3. The van der Waals surface area contributed by atoms with Crippen LogP contribution in [0.2, 0.25) is 0 Å². The minimum atomic E-state index is -0.438. The average Bonchev–Trinajstić information content (AvgIpc) is 3.17. The Bertz CT molecular complexity index is 1170. The van der Waals surface area contributed by atoms with E-state index in [1.54, 1.807) is 6.20 Å². The number of hydrogen-bond acceptors (Lipinski definition) is 3. The number of carbonyl (C=O) groups is 2. The number of aromatic amines is 1. The molecule has 30 heavy (non-hydrogen) atoms. The number of anilines is 1. The van der Waals surface area contributed by atoms with Gasteiger partial charge in [-0.2, -0.15) is 0 Å². The zero-order chi connectivity index (χ0) is 20.8. The molecule has 0 saturated heterocycles. The number of ether oxygens (including phenoxy) is 1. The first-order valence-electron chi connectivity index (χ1n) is 9.81. The number of nitrogens with one attached hydrogen (secondary N) is 2. The highest BCUT2D eigenvalue weighted by molar-refractivity contribution is 5.94. The molecule has 4 aromatic rings. The smallest absolute Gasteiger partial charge is 0.310 e. The first kappa shape index (κ1) is 19.5. The van der Waals surface area contributed by atoms with Crippen molar-refractivity contribution in [2.24, 2.45) is 0 Å². The van der Waals surface area contributed by atoms with Crippen LogP contribution in [0.1, 0.15) is 16.7 Å². The van der Waals surface area contributed by atoms with Crippen LogP contribution in [-0.2, 0) is 27.2 Å². The summed E-state index contributed by atoms with van der Waals surface area (Å²) in [5, 5.41) is 3.83. The summed E-state index contributed by atoms with van der Waals surface area (Å²) in [6, 6.07) is 25.4.